The molecule has 0 aliphatic rings. The second kappa shape index (κ2) is 6.85. The molecule has 0 aliphatic carbocycles. The normalized spacial score (nSPS) is 8.33. The predicted octanol–water partition coefficient (Wildman–Crippen LogP) is -1.12. The molecule has 0 amide bonds. The second-order valence-corrected chi connectivity index (χ2v) is 1.21. The van der Waals surface area contributed by atoms with Crippen molar-refractivity contribution in [1.29, 1.82) is 10.8 Å². The minimum atomic E-state index is -1.50. The molecule has 0 fully saturated rings. The van der Waals surface area contributed by atoms with Crippen molar-refractivity contribution >= 4 is 11.9 Å². The predicted molar refractivity (Wildman–Crippen MR) is 37.5 cm³/mol. The molecular weight excluding hydrogens is 170 g/mol. The first kappa shape index (κ1) is 12.4. The number of nitrogens with two attached hydrogens (primary N) is 2. The van der Waals surface area contributed by atoms with E-state index in [-0.39, 0.29) is 0 Å². The van der Waals surface area contributed by atoms with Crippen LogP contribution in [0.25, 0.3) is 0 Å². The van der Waals surface area contributed by atoms with Gasteiger partial charge in [-0.25, -0.2) is 0 Å². The maximum Gasteiger partial charge on any atom is 0.291 e. The van der Waals surface area contributed by atoms with Crippen LogP contribution in [0, 0.1) is 20.9 Å². The zero-order chi connectivity index (χ0) is 10.1. The summed E-state index contributed by atoms with van der Waals surface area (Å²) in [6, 6.07) is 0. The van der Waals surface area contributed by atoms with Gasteiger partial charge in [-0.1, -0.05) is 0 Å². The SMILES string of the molecule is N=C(N)/N=N/C(=N)N.O=[N+]([O-])O. The van der Waals surface area contributed by atoms with Crippen LogP contribution in [0.4, 0.5) is 0 Å². The smallest absolute Gasteiger partial charge is 0.291 e. The zero-order valence-corrected chi connectivity index (χ0v) is 5.76. The number of nitrogens with one attached hydrogen (secondary N) is 2. The van der Waals surface area contributed by atoms with Crippen LogP contribution in [-0.4, -0.2) is 22.2 Å². The topological polar surface area (TPSA) is 188 Å². The number of rotatable bonds is 0. The lowest BCUT2D eigenvalue weighted by Gasteiger charge is -1.80. The Hall–Kier alpha value is -2.26. The molecule has 0 saturated carbocycles. The molecule has 0 rings (SSSR count). The van der Waals surface area contributed by atoms with Gasteiger partial charge in [-0.05, 0) is 0 Å². The fraction of sp³-hybridized carbons (Fsp3) is 0. The van der Waals surface area contributed by atoms with E-state index in [2.05, 4.69) is 10.2 Å². The second-order valence-electron chi connectivity index (χ2n) is 1.21. The van der Waals surface area contributed by atoms with Gasteiger partial charge in [0.1, 0.15) is 0 Å². The highest BCUT2D eigenvalue weighted by atomic mass is 16.9. The van der Waals surface area contributed by atoms with Gasteiger partial charge in [0.2, 0.25) is 11.9 Å². The first-order valence-electron chi connectivity index (χ1n) is 2.29. The Morgan fingerprint density at radius 1 is 1.33 bits per heavy atom. The molecule has 10 nitrogen and oxygen atoms in total. The van der Waals surface area contributed by atoms with Crippen molar-refractivity contribution in [3.05, 3.63) is 10.1 Å². The molecule has 68 valence electrons. The molecule has 10 heteroatoms. The molecule has 0 aromatic heterocycles. The van der Waals surface area contributed by atoms with Crippen molar-refractivity contribution < 1.29 is 10.3 Å². The summed E-state index contributed by atoms with van der Waals surface area (Å²) >= 11 is 0. The van der Waals surface area contributed by atoms with Crippen LogP contribution in [0.2, 0.25) is 0 Å². The number of hydrogen-bond acceptors (Lipinski definition) is 4. The average Bonchev–Trinajstić information content (AvgIpc) is 1.82. The van der Waals surface area contributed by atoms with E-state index in [0.717, 1.165) is 0 Å². The first-order valence-corrected chi connectivity index (χ1v) is 2.29. The molecule has 0 atom stereocenters. The van der Waals surface area contributed by atoms with Gasteiger partial charge < -0.3 is 16.7 Å². The molecule has 7 N–H and O–H groups in total. The van der Waals surface area contributed by atoms with Crippen LogP contribution in [0.15, 0.2) is 10.2 Å². The number of azo groups is 1. The van der Waals surface area contributed by atoms with Gasteiger partial charge in [-0.15, -0.1) is 20.3 Å². The highest BCUT2D eigenvalue weighted by Gasteiger charge is 1.79. The quantitative estimate of drug-likeness (QED) is 0.103. The lowest BCUT2D eigenvalue weighted by atomic mass is 11.1. The average molecular weight is 177 g/mol. The molecule has 0 aromatic rings. The van der Waals surface area contributed by atoms with Gasteiger partial charge in [0.05, 0.1) is 0 Å². The van der Waals surface area contributed by atoms with E-state index in [1.54, 1.807) is 0 Å². The molecule has 0 saturated heterocycles. The third-order valence-electron chi connectivity index (χ3n) is 0.265. The Morgan fingerprint density at radius 3 is 1.58 bits per heavy atom. The summed E-state index contributed by atoms with van der Waals surface area (Å²) in [5.74, 6) is -0.916. The maximum absolute atomic E-state index is 8.36. The monoisotopic (exact) mass is 177 g/mol. The van der Waals surface area contributed by atoms with Gasteiger partial charge >= 0.3 is 0 Å². The number of nitrogens with zero attached hydrogens (tertiary/aromatic N) is 3. The van der Waals surface area contributed by atoms with Gasteiger partial charge in [-0.2, -0.15) is 0 Å². The Balaban J connectivity index is 0. The van der Waals surface area contributed by atoms with Crippen LogP contribution < -0.4 is 11.5 Å². The first-order chi connectivity index (χ1) is 5.36. The van der Waals surface area contributed by atoms with Crippen molar-refractivity contribution in [1.82, 2.24) is 0 Å². The Kier molecular flexibility index (Phi) is 7.09. The standard InChI is InChI=1S/C2H6N6.HNO3/c3-1(4)7-8-2(5)6;2-1(3)4/h(H3,3,4)(H3,5,6);(H,2,3,4)/b8-7+;. The van der Waals surface area contributed by atoms with E-state index in [4.69, 9.17) is 37.6 Å². The zero-order valence-electron chi connectivity index (χ0n) is 5.76. The van der Waals surface area contributed by atoms with Crippen LogP contribution in [0.1, 0.15) is 0 Å². The minimum Gasteiger partial charge on any atom is -0.367 e. The third-order valence-corrected chi connectivity index (χ3v) is 0.265. The largest absolute Gasteiger partial charge is 0.367 e. The lowest BCUT2D eigenvalue weighted by molar-refractivity contribution is -0.742. The summed E-state index contributed by atoms with van der Waals surface area (Å²) in [5.41, 5.74) is 9.42. The van der Waals surface area contributed by atoms with Gasteiger partial charge in [0.15, 0.2) is 0 Å². The van der Waals surface area contributed by atoms with Gasteiger partial charge in [-0.3, -0.25) is 10.8 Å². The van der Waals surface area contributed by atoms with Gasteiger partial charge in [0, 0.05) is 0 Å². The molecule has 0 heterocycles. The van der Waals surface area contributed by atoms with Crippen LogP contribution >= 0.6 is 0 Å². The van der Waals surface area contributed by atoms with Gasteiger partial charge in [0.25, 0.3) is 5.09 Å². The summed E-state index contributed by atoms with van der Waals surface area (Å²) in [6.07, 6.45) is 0. The van der Waals surface area contributed by atoms with Crippen LogP contribution in [-0.2, 0) is 0 Å². The van der Waals surface area contributed by atoms with Crippen molar-refractivity contribution in [2.24, 2.45) is 21.7 Å². The maximum atomic E-state index is 8.36. The van der Waals surface area contributed by atoms with Crippen LogP contribution in [0.5, 0.6) is 0 Å². The molecule has 0 bridgehead atoms. The molecule has 0 spiro atoms. The van der Waals surface area contributed by atoms with E-state index in [0.29, 0.717) is 0 Å². The van der Waals surface area contributed by atoms with Crippen molar-refractivity contribution in [2.75, 3.05) is 0 Å². The Morgan fingerprint density at radius 2 is 1.50 bits per heavy atom. The van der Waals surface area contributed by atoms with Crippen molar-refractivity contribution in [2.45, 2.75) is 0 Å². The number of hydrogen-bond donors (Lipinski definition) is 5. The molecule has 0 radical (unpaired) electrons. The van der Waals surface area contributed by atoms with Crippen LogP contribution in [0.3, 0.4) is 0 Å². The summed E-state index contributed by atoms with van der Waals surface area (Å²) < 4.78 is 0. The summed E-state index contributed by atoms with van der Waals surface area (Å²) in [7, 11) is 0. The van der Waals surface area contributed by atoms with Crippen molar-refractivity contribution in [3.8, 4) is 0 Å². The fourth-order valence-electron chi connectivity index (χ4n) is 0.108. The highest BCUT2D eigenvalue weighted by molar-refractivity contribution is 5.79. The Labute approximate surface area is 66.0 Å². The fourth-order valence-corrected chi connectivity index (χ4v) is 0.108. The van der Waals surface area contributed by atoms with E-state index in [9.17, 15) is 0 Å². The minimum absolute atomic E-state index is 0.458. The summed E-state index contributed by atoms with van der Waals surface area (Å²) in [5, 5.41) is 32.5. The molecule has 0 aliphatic heterocycles. The third kappa shape index (κ3) is 46.8. The van der Waals surface area contributed by atoms with E-state index < -0.39 is 17.0 Å². The number of guanidine groups is 2. The molecule has 0 unspecified atom stereocenters. The highest BCUT2D eigenvalue weighted by Crippen LogP contribution is 1.68. The lowest BCUT2D eigenvalue weighted by Crippen LogP contribution is -2.09. The van der Waals surface area contributed by atoms with E-state index in [1.165, 1.54) is 0 Å². The van der Waals surface area contributed by atoms with E-state index in [1.807, 2.05) is 0 Å². The van der Waals surface area contributed by atoms with Crippen molar-refractivity contribution in [3.63, 3.8) is 0 Å². The summed E-state index contributed by atoms with van der Waals surface area (Å²) in [4.78, 5) is 8.36. The molecular formula is C2H7N7O3. The molecule has 0 aromatic carbocycles. The van der Waals surface area contributed by atoms with E-state index >= 15 is 0 Å². The Bertz CT molecular complexity index is 189. The molecule has 12 heavy (non-hydrogen) atoms. The summed E-state index contributed by atoms with van der Waals surface area (Å²) in [6.45, 7) is 0.